The molecule has 0 aliphatic heterocycles. The quantitative estimate of drug-likeness (QED) is 0.482. The van der Waals surface area contributed by atoms with Crippen LogP contribution in [0.2, 0.25) is 0 Å². The van der Waals surface area contributed by atoms with Crippen molar-refractivity contribution in [2.45, 2.75) is 57.6 Å². The summed E-state index contributed by atoms with van der Waals surface area (Å²) in [6.07, 6.45) is -2.89. The van der Waals surface area contributed by atoms with Crippen molar-refractivity contribution in [2.24, 2.45) is 5.92 Å². The van der Waals surface area contributed by atoms with Gasteiger partial charge in [-0.15, -0.1) is 0 Å². The Balaban J connectivity index is -0.000000364. The molecule has 0 aromatic rings. The van der Waals surface area contributed by atoms with Crippen LogP contribution in [-0.2, 0) is 26.1 Å². The molecule has 0 aliphatic carbocycles. The van der Waals surface area contributed by atoms with Gasteiger partial charge in [-0.1, -0.05) is 26.7 Å². The smallest absolute Gasteiger partial charge is 0.460 e. The van der Waals surface area contributed by atoms with Gasteiger partial charge in [-0.2, -0.15) is 30.7 Å². The summed E-state index contributed by atoms with van der Waals surface area (Å²) in [7, 11) is 0. The first kappa shape index (κ1) is 27.8. The Bertz CT molecular complexity index is 399. The molecule has 148 valence electrons. The first-order valence-electron chi connectivity index (χ1n) is 6.45. The number of aliphatic carboxylic acids is 2. The molecule has 1 atom stereocenters. The van der Waals surface area contributed by atoms with Gasteiger partial charge >= 0.3 is 30.0 Å². The number of carboxylic acids is 2. The molecule has 2 N–H and O–H groups in total. The SMILES string of the molecule is CCCCC(CC)C(=O)O.O=C(O)C(F)(F)C(F)(F)C(F)(F)F.[Ni]. The first-order chi connectivity index (χ1) is 10.2. The molecule has 0 aromatic heterocycles. The zero-order valence-corrected chi connectivity index (χ0v) is 13.6. The number of carbonyl (C=O) groups is 2. The topological polar surface area (TPSA) is 74.6 Å². The van der Waals surface area contributed by atoms with E-state index in [1.54, 1.807) is 0 Å². The summed E-state index contributed by atoms with van der Waals surface area (Å²) in [6.45, 7) is 4.00. The fraction of sp³-hybridized carbons (Fsp3) is 0.833. The van der Waals surface area contributed by atoms with Gasteiger partial charge in [-0.25, -0.2) is 4.79 Å². The Kier molecular flexibility index (Phi) is 12.4. The summed E-state index contributed by atoms with van der Waals surface area (Å²) in [6, 6.07) is 0. The second-order valence-corrected chi connectivity index (χ2v) is 4.54. The minimum Gasteiger partial charge on any atom is -0.481 e. The molecule has 0 radical (unpaired) electrons. The predicted molar refractivity (Wildman–Crippen MR) is 64.5 cm³/mol. The Morgan fingerprint density at radius 1 is 0.958 bits per heavy atom. The van der Waals surface area contributed by atoms with Gasteiger partial charge < -0.3 is 10.2 Å². The third-order valence-corrected chi connectivity index (χ3v) is 2.77. The Morgan fingerprint density at radius 3 is 1.54 bits per heavy atom. The zero-order chi connectivity index (χ0) is 19.1. The standard InChI is InChI=1S/C8H16O2.C4HF7O2.Ni/c1-3-5-6-7(4-2)8(9)10;5-2(6,1(12)13)3(7,8)4(9,10)11;/h7H,3-6H2,1-2H3,(H,9,10);(H,12,13);. The maximum atomic E-state index is 11.8. The second-order valence-electron chi connectivity index (χ2n) is 4.54. The summed E-state index contributed by atoms with van der Waals surface area (Å²) in [5, 5.41) is 16.0. The van der Waals surface area contributed by atoms with Crippen molar-refractivity contribution in [3.8, 4) is 0 Å². The third-order valence-electron chi connectivity index (χ3n) is 2.77. The van der Waals surface area contributed by atoms with Gasteiger partial charge in [0.15, 0.2) is 0 Å². The molecule has 0 heterocycles. The van der Waals surface area contributed by atoms with Crippen LogP contribution < -0.4 is 0 Å². The molecule has 0 aromatic carbocycles. The molecule has 0 saturated carbocycles. The van der Waals surface area contributed by atoms with Crippen LogP contribution in [0, 0.1) is 5.92 Å². The van der Waals surface area contributed by atoms with Crippen LogP contribution in [0.5, 0.6) is 0 Å². The number of hydrogen-bond donors (Lipinski definition) is 2. The zero-order valence-electron chi connectivity index (χ0n) is 12.6. The number of rotatable bonds is 7. The van der Waals surface area contributed by atoms with E-state index in [2.05, 4.69) is 6.92 Å². The summed E-state index contributed by atoms with van der Waals surface area (Å²) in [5.41, 5.74) is 0. The number of unbranched alkanes of at least 4 members (excludes halogenated alkanes) is 1. The van der Waals surface area contributed by atoms with E-state index < -0.39 is 30.0 Å². The van der Waals surface area contributed by atoms with Crippen LogP contribution in [0.3, 0.4) is 0 Å². The largest absolute Gasteiger partial charge is 0.481 e. The van der Waals surface area contributed by atoms with E-state index in [4.69, 9.17) is 10.2 Å². The fourth-order valence-corrected chi connectivity index (χ4v) is 1.27. The normalized spacial score (nSPS) is 13.2. The number of halogens is 7. The molecule has 0 aliphatic rings. The molecule has 0 fully saturated rings. The van der Waals surface area contributed by atoms with E-state index in [1.165, 1.54) is 0 Å². The molecule has 0 rings (SSSR count). The van der Waals surface area contributed by atoms with Crippen molar-refractivity contribution < 1.29 is 67.0 Å². The van der Waals surface area contributed by atoms with E-state index in [0.29, 0.717) is 0 Å². The second kappa shape index (κ2) is 10.7. The Labute approximate surface area is 143 Å². The first-order valence-corrected chi connectivity index (χ1v) is 6.45. The van der Waals surface area contributed by atoms with Crippen LogP contribution >= 0.6 is 0 Å². The predicted octanol–water partition coefficient (Wildman–Crippen LogP) is 4.19. The molecule has 0 bridgehead atoms. The molecule has 12 heteroatoms. The number of hydrogen-bond acceptors (Lipinski definition) is 2. The summed E-state index contributed by atoms with van der Waals surface area (Å²) < 4.78 is 80.5. The van der Waals surface area contributed by atoms with E-state index >= 15 is 0 Å². The van der Waals surface area contributed by atoms with Crippen molar-refractivity contribution >= 4 is 11.9 Å². The van der Waals surface area contributed by atoms with Gasteiger partial charge in [0, 0.05) is 16.5 Å². The van der Waals surface area contributed by atoms with Gasteiger partial charge in [0.2, 0.25) is 0 Å². The summed E-state index contributed by atoms with van der Waals surface area (Å²) >= 11 is 0. The van der Waals surface area contributed by atoms with Crippen LogP contribution in [0.1, 0.15) is 39.5 Å². The Hall–Kier alpha value is -1.06. The average Bonchev–Trinajstić information content (AvgIpc) is 2.38. The van der Waals surface area contributed by atoms with Gasteiger partial charge in [0.25, 0.3) is 0 Å². The van der Waals surface area contributed by atoms with Gasteiger partial charge in [0.1, 0.15) is 0 Å². The van der Waals surface area contributed by atoms with Crippen molar-refractivity contribution in [1.29, 1.82) is 0 Å². The monoisotopic (exact) mass is 416 g/mol. The van der Waals surface area contributed by atoms with E-state index in [0.717, 1.165) is 25.7 Å². The summed E-state index contributed by atoms with van der Waals surface area (Å²) in [5.74, 6) is -17.0. The molecule has 0 spiro atoms. The van der Waals surface area contributed by atoms with E-state index in [-0.39, 0.29) is 22.4 Å². The van der Waals surface area contributed by atoms with Gasteiger partial charge in [0.05, 0.1) is 5.92 Å². The van der Waals surface area contributed by atoms with E-state index in [9.17, 15) is 40.3 Å². The molecule has 0 saturated heterocycles. The molecule has 24 heavy (non-hydrogen) atoms. The van der Waals surface area contributed by atoms with Gasteiger partial charge in [-0.05, 0) is 12.8 Å². The minimum atomic E-state index is -6.60. The van der Waals surface area contributed by atoms with Crippen molar-refractivity contribution in [3.63, 3.8) is 0 Å². The van der Waals surface area contributed by atoms with Crippen LogP contribution in [0.25, 0.3) is 0 Å². The number of alkyl halides is 7. The van der Waals surface area contributed by atoms with Crippen LogP contribution in [0.15, 0.2) is 0 Å². The molecular weight excluding hydrogens is 400 g/mol. The minimum absolute atomic E-state index is 0. The van der Waals surface area contributed by atoms with Crippen molar-refractivity contribution in [3.05, 3.63) is 0 Å². The molecule has 4 nitrogen and oxygen atoms in total. The molecular formula is C12H17F7NiO4. The maximum Gasteiger partial charge on any atom is 0.460 e. The summed E-state index contributed by atoms with van der Waals surface area (Å²) in [4.78, 5) is 19.8. The maximum absolute atomic E-state index is 11.8. The number of carboxylic acid groups (broad SMARTS) is 2. The van der Waals surface area contributed by atoms with Crippen molar-refractivity contribution in [2.75, 3.05) is 0 Å². The van der Waals surface area contributed by atoms with Crippen molar-refractivity contribution in [1.82, 2.24) is 0 Å². The van der Waals surface area contributed by atoms with Crippen LogP contribution in [0.4, 0.5) is 30.7 Å². The molecule has 0 amide bonds. The Morgan fingerprint density at radius 2 is 1.38 bits per heavy atom. The van der Waals surface area contributed by atoms with E-state index in [1.807, 2.05) is 6.92 Å². The fourth-order valence-electron chi connectivity index (χ4n) is 1.27. The van der Waals surface area contributed by atoms with Gasteiger partial charge in [-0.3, -0.25) is 4.79 Å². The average molecular weight is 417 g/mol. The molecule has 1 unspecified atom stereocenters. The third kappa shape index (κ3) is 7.68. The van der Waals surface area contributed by atoms with Crippen LogP contribution in [-0.4, -0.2) is 40.2 Å².